The van der Waals surface area contributed by atoms with Crippen LogP contribution in [0, 0.1) is 0 Å². The molecule has 0 spiro atoms. The molecule has 0 radical (unpaired) electrons. The summed E-state index contributed by atoms with van der Waals surface area (Å²) in [5.74, 6) is 0.0958. The number of sulfonamides is 1. The Bertz CT molecular complexity index is 327. The molecule has 102 valence electrons. The van der Waals surface area contributed by atoms with Gasteiger partial charge in [-0.1, -0.05) is 0 Å². The lowest BCUT2D eigenvalue weighted by Crippen LogP contribution is -2.48. The van der Waals surface area contributed by atoms with Gasteiger partial charge in [-0.05, 0) is 26.7 Å². The minimum absolute atomic E-state index is 0.0118. The molecule has 1 rings (SSSR count). The Hall–Kier alpha value is -0.270. The van der Waals surface area contributed by atoms with E-state index in [4.69, 9.17) is 0 Å². The number of hydrogen-bond acceptors (Lipinski definition) is 3. The number of alkyl halides is 2. The largest absolute Gasteiger partial charge is 0.306 e. The van der Waals surface area contributed by atoms with Crippen LogP contribution in [0.15, 0.2) is 0 Å². The predicted molar refractivity (Wildman–Crippen MR) is 62.7 cm³/mol. The standard InChI is InChI=1S/C10H20F2N2O2S/c1-3-17(15,16)14-6-4-9(5-7-14)13-8(2)10(11)12/h8-10,13H,3-7H2,1-2H3. The number of rotatable bonds is 5. The molecule has 1 atom stereocenters. The van der Waals surface area contributed by atoms with E-state index in [0.29, 0.717) is 25.9 Å². The molecule has 7 heteroatoms. The second-order valence-electron chi connectivity index (χ2n) is 4.36. The lowest BCUT2D eigenvalue weighted by Gasteiger charge is -2.32. The molecular weight excluding hydrogens is 250 g/mol. The third-order valence-electron chi connectivity index (χ3n) is 3.09. The molecule has 1 heterocycles. The summed E-state index contributed by atoms with van der Waals surface area (Å²) < 4.78 is 49.3. The molecular formula is C10H20F2N2O2S. The van der Waals surface area contributed by atoms with Crippen LogP contribution in [-0.4, -0.2) is 50.1 Å². The summed E-state index contributed by atoms with van der Waals surface area (Å²) in [7, 11) is -3.13. The Morgan fingerprint density at radius 3 is 2.29 bits per heavy atom. The van der Waals surface area contributed by atoms with Gasteiger partial charge in [0.05, 0.1) is 11.8 Å². The van der Waals surface area contributed by atoms with Crippen molar-refractivity contribution < 1.29 is 17.2 Å². The van der Waals surface area contributed by atoms with Crippen LogP contribution in [-0.2, 0) is 10.0 Å². The minimum Gasteiger partial charge on any atom is -0.306 e. The second-order valence-corrected chi connectivity index (χ2v) is 6.62. The van der Waals surface area contributed by atoms with Crippen LogP contribution >= 0.6 is 0 Å². The van der Waals surface area contributed by atoms with E-state index < -0.39 is 22.5 Å². The maximum Gasteiger partial charge on any atom is 0.253 e. The molecule has 17 heavy (non-hydrogen) atoms. The van der Waals surface area contributed by atoms with Gasteiger partial charge in [-0.25, -0.2) is 21.5 Å². The molecule has 0 aromatic heterocycles. The number of halogens is 2. The Morgan fingerprint density at radius 2 is 1.88 bits per heavy atom. The SMILES string of the molecule is CCS(=O)(=O)N1CCC(NC(C)C(F)F)CC1. The lowest BCUT2D eigenvalue weighted by molar-refractivity contribution is 0.0946. The van der Waals surface area contributed by atoms with Gasteiger partial charge in [0.2, 0.25) is 10.0 Å². The topological polar surface area (TPSA) is 49.4 Å². The fourth-order valence-corrected chi connectivity index (χ4v) is 3.06. The number of nitrogens with one attached hydrogen (secondary N) is 1. The lowest BCUT2D eigenvalue weighted by atomic mass is 10.1. The van der Waals surface area contributed by atoms with Crippen molar-refractivity contribution in [3.8, 4) is 0 Å². The van der Waals surface area contributed by atoms with Crippen LogP contribution < -0.4 is 5.32 Å². The van der Waals surface area contributed by atoms with Gasteiger partial charge in [0.1, 0.15) is 0 Å². The summed E-state index contributed by atoms with van der Waals surface area (Å²) in [6.45, 7) is 3.89. The van der Waals surface area contributed by atoms with Crippen molar-refractivity contribution in [2.24, 2.45) is 0 Å². The van der Waals surface area contributed by atoms with Crippen molar-refractivity contribution in [2.45, 2.75) is 45.2 Å². The van der Waals surface area contributed by atoms with E-state index in [-0.39, 0.29) is 11.8 Å². The third kappa shape index (κ3) is 4.15. The molecule has 1 fully saturated rings. The summed E-state index contributed by atoms with van der Waals surface area (Å²) >= 11 is 0. The van der Waals surface area contributed by atoms with E-state index in [1.54, 1.807) is 6.92 Å². The van der Waals surface area contributed by atoms with Gasteiger partial charge < -0.3 is 5.32 Å². The molecule has 0 aliphatic carbocycles. The highest BCUT2D eigenvalue weighted by Crippen LogP contribution is 2.15. The fraction of sp³-hybridized carbons (Fsp3) is 1.00. The summed E-state index contributed by atoms with van der Waals surface area (Å²) in [5, 5.41) is 2.84. The molecule has 1 saturated heterocycles. The summed E-state index contributed by atoms with van der Waals surface area (Å²) in [5.41, 5.74) is 0. The molecule has 1 N–H and O–H groups in total. The van der Waals surface area contributed by atoms with Gasteiger partial charge in [0.15, 0.2) is 0 Å². The van der Waals surface area contributed by atoms with E-state index in [1.165, 1.54) is 11.2 Å². The Labute approximate surface area is 101 Å². The first kappa shape index (κ1) is 14.8. The molecule has 0 bridgehead atoms. The zero-order valence-electron chi connectivity index (χ0n) is 10.2. The smallest absolute Gasteiger partial charge is 0.253 e. The molecule has 1 aliphatic rings. The van der Waals surface area contributed by atoms with Crippen molar-refractivity contribution in [2.75, 3.05) is 18.8 Å². The normalized spacial score (nSPS) is 21.9. The summed E-state index contributed by atoms with van der Waals surface area (Å²) in [6.07, 6.45) is -1.19. The quantitative estimate of drug-likeness (QED) is 0.812. The average molecular weight is 270 g/mol. The number of hydrogen-bond donors (Lipinski definition) is 1. The molecule has 0 aromatic rings. The maximum absolute atomic E-state index is 12.3. The number of nitrogens with zero attached hydrogens (tertiary/aromatic N) is 1. The highest BCUT2D eigenvalue weighted by molar-refractivity contribution is 7.89. The fourth-order valence-electron chi connectivity index (χ4n) is 1.93. The number of piperidine rings is 1. The third-order valence-corrected chi connectivity index (χ3v) is 4.97. The van der Waals surface area contributed by atoms with Crippen LogP contribution in [0.2, 0.25) is 0 Å². The first-order chi connectivity index (χ1) is 7.86. The summed E-state index contributed by atoms with van der Waals surface area (Å²) in [4.78, 5) is 0. The summed E-state index contributed by atoms with van der Waals surface area (Å²) in [6, 6.07) is -0.850. The van der Waals surface area contributed by atoms with Gasteiger partial charge in [0, 0.05) is 19.1 Å². The van der Waals surface area contributed by atoms with Crippen molar-refractivity contribution in [1.82, 2.24) is 9.62 Å². The van der Waals surface area contributed by atoms with Gasteiger partial charge in [-0.2, -0.15) is 0 Å². The van der Waals surface area contributed by atoms with E-state index >= 15 is 0 Å². The Balaban J connectivity index is 2.41. The van der Waals surface area contributed by atoms with Gasteiger partial charge in [-0.15, -0.1) is 0 Å². The molecule has 1 aliphatic heterocycles. The highest BCUT2D eigenvalue weighted by atomic mass is 32.2. The minimum atomic E-state index is -3.13. The zero-order valence-corrected chi connectivity index (χ0v) is 11.0. The van der Waals surface area contributed by atoms with E-state index in [1.807, 2.05) is 0 Å². The Morgan fingerprint density at radius 1 is 1.35 bits per heavy atom. The first-order valence-electron chi connectivity index (χ1n) is 5.89. The van der Waals surface area contributed by atoms with Crippen molar-refractivity contribution in [1.29, 1.82) is 0 Å². The van der Waals surface area contributed by atoms with Crippen molar-refractivity contribution >= 4 is 10.0 Å². The van der Waals surface area contributed by atoms with Crippen molar-refractivity contribution in [3.05, 3.63) is 0 Å². The first-order valence-corrected chi connectivity index (χ1v) is 7.49. The molecule has 4 nitrogen and oxygen atoms in total. The Kier molecular flexibility index (Phi) is 5.27. The second kappa shape index (κ2) is 6.06. The van der Waals surface area contributed by atoms with Crippen LogP contribution in [0.4, 0.5) is 8.78 Å². The zero-order chi connectivity index (χ0) is 13.1. The van der Waals surface area contributed by atoms with Crippen LogP contribution in [0.5, 0.6) is 0 Å². The van der Waals surface area contributed by atoms with Crippen LogP contribution in [0.25, 0.3) is 0 Å². The van der Waals surface area contributed by atoms with E-state index in [2.05, 4.69) is 5.32 Å². The molecule has 0 saturated carbocycles. The molecule has 0 amide bonds. The predicted octanol–water partition coefficient (Wildman–Crippen LogP) is 1.04. The van der Waals surface area contributed by atoms with Gasteiger partial charge >= 0.3 is 0 Å². The molecule has 1 unspecified atom stereocenters. The molecule has 0 aromatic carbocycles. The van der Waals surface area contributed by atoms with Crippen LogP contribution in [0.3, 0.4) is 0 Å². The van der Waals surface area contributed by atoms with Crippen molar-refractivity contribution in [3.63, 3.8) is 0 Å². The monoisotopic (exact) mass is 270 g/mol. The van der Waals surface area contributed by atoms with Gasteiger partial charge in [0.25, 0.3) is 6.43 Å². The highest BCUT2D eigenvalue weighted by Gasteiger charge is 2.28. The van der Waals surface area contributed by atoms with Gasteiger partial charge in [-0.3, -0.25) is 0 Å². The van der Waals surface area contributed by atoms with E-state index in [9.17, 15) is 17.2 Å². The van der Waals surface area contributed by atoms with E-state index in [0.717, 1.165) is 0 Å². The average Bonchev–Trinajstić information content (AvgIpc) is 2.29. The maximum atomic E-state index is 12.3. The van der Waals surface area contributed by atoms with Crippen LogP contribution in [0.1, 0.15) is 26.7 Å².